The molecule has 3 aromatic rings. The van der Waals surface area contributed by atoms with E-state index >= 15 is 0 Å². The fourth-order valence-electron chi connectivity index (χ4n) is 3.89. The van der Waals surface area contributed by atoms with E-state index < -0.39 is 11.6 Å². The summed E-state index contributed by atoms with van der Waals surface area (Å²) in [6.45, 7) is 3.72. The van der Waals surface area contributed by atoms with Gasteiger partial charge >= 0.3 is 5.63 Å². The minimum absolute atomic E-state index is 0.438. The average molecular weight is 411 g/mol. The van der Waals surface area contributed by atoms with Crippen molar-refractivity contribution in [2.75, 3.05) is 33.3 Å². The molecule has 0 spiro atoms. The van der Waals surface area contributed by atoms with Gasteiger partial charge in [0.2, 0.25) is 5.95 Å². The molecular weight excluding hydrogens is 385 g/mol. The van der Waals surface area contributed by atoms with Crippen LogP contribution in [0.15, 0.2) is 51.8 Å². The van der Waals surface area contributed by atoms with Gasteiger partial charge in [0.25, 0.3) is 0 Å². The summed E-state index contributed by atoms with van der Waals surface area (Å²) in [5, 5.41) is 4.08. The van der Waals surface area contributed by atoms with Crippen molar-refractivity contribution in [2.24, 2.45) is 0 Å². The van der Waals surface area contributed by atoms with Gasteiger partial charge in [-0.15, -0.1) is 0 Å². The molecule has 6 nitrogen and oxygen atoms in total. The molecule has 0 amide bonds. The van der Waals surface area contributed by atoms with E-state index in [0.29, 0.717) is 24.0 Å². The van der Waals surface area contributed by atoms with Gasteiger partial charge in [-0.1, -0.05) is 6.07 Å². The summed E-state index contributed by atoms with van der Waals surface area (Å²) in [5.74, 6) is -0.00733. The molecule has 0 saturated carbocycles. The molecule has 1 N–H and O–H groups in total. The van der Waals surface area contributed by atoms with Crippen molar-refractivity contribution >= 4 is 11.0 Å². The predicted octanol–water partition coefficient (Wildman–Crippen LogP) is 3.45. The number of likely N-dealkylation sites (tertiary alicyclic amines) is 1. The van der Waals surface area contributed by atoms with Crippen LogP contribution in [-0.2, 0) is 0 Å². The first-order chi connectivity index (χ1) is 14.6. The van der Waals surface area contributed by atoms with Crippen molar-refractivity contribution in [1.82, 2.24) is 15.2 Å². The summed E-state index contributed by atoms with van der Waals surface area (Å²) in [6.07, 6.45) is 4.70. The van der Waals surface area contributed by atoms with E-state index in [1.165, 1.54) is 31.2 Å². The Morgan fingerprint density at radius 2 is 2.00 bits per heavy atom. The number of nitrogens with one attached hydrogen (secondary N) is 1. The Hall–Kier alpha value is -2.77. The van der Waals surface area contributed by atoms with Crippen molar-refractivity contribution < 1.29 is 13.5 Å². The van der Waals surface area contributed by atoms with Gasteiger partial charge in [0.15, 0.2) is 0 Å². The highest BCUT2D eigenvalue weighted by Crippen LogP contribution is 2.29. The zero-order valence-corrected chi connectivity index (χ0v) is 17.1. The molecule has 1 fully saturated rings. The second kappa shape index (κ2) is 9.36. The predicted molar refractivity (Wildman–Crippen MR) is 114 cm³/mol. The maximum Gasteiger partial charge on any atom is 0.339 e. The normalized spacial score (nSPS) is 15.5. The fourth-order valence-corrected chi connectivity index (χ4v) is 3.89. The van der Waals surface area contributed by atoms with Gasteiger partial charge in [0, 0.05) is 24.3 Å². The van der Waals surface area contributed by atoms with Crippen molar-refractivity contribution in [3.63, 3.8) is 0 Å². The number of halogens is 1. The van der Waals surface area contributed by atoms with E-state index in [9.17, 15) is 9.18 Å². The van der Waals surface area contributed by atoms with Crippen LogP contribution in [0.4, 0.5) is 4.39 Å². The number of aromatic nitrogens is 1. The Morgan fingerprint density at radius 3 is 2.73 bits per heavy atom. The molecule has 7 heteroatoms. The molecule has 0 bridgehead atoms. The zero-order valence-electron chi connectivity index (χ0n) is 17.1. The lowest BCUT2D eigenvalue weighted by atomic mass is 10.1. The lowest BCUT2D eigenvalue weighted by molar-refractivity contribution is 0.185. The number of benzene rings is 1. The highest BCUT2D eigenvalue weighted by molar-refractivity contribution is 5.87. The maximum atomic E-state index is 13.1. The fraction of sp³-hybridized carbons (Fsp3) is 0.391. The molecule has 0 atom stereocenters. The number of nitrogens with zero attached hydrogens (tertiary/aromatic N) is 2. The number of piperidine rings is 1. The number of rotatable bonds is 7. The van der Waals surface area contributed by atoms with Gasteiger partial charge in [-0.2, -0.15) is 4.39 Å². The Balaban J connectivity index is 1.41. The molecule has 1 saturated heterocycles. The summed E-state index contributed by atoms with van der Waals surface area (Å²) in [6, 6.07) is 10.5. The molecule has 2 aromatic heterocycles. The van der Waals surface area contributed by atoms with Gasteiger partial charge < -0.3 is 19.4 Å². The topological polar surface area (TPSA) is 67.6 Å². The number of hydrogen-bond acceptors (Lipinski definition) is 6. The lowest BCUT2D eigenvalue weighted by Gasteiger charge is -2.31. The molecule has 0 radical (unpaired) electrons. The molecule has 1 aliphatic heterocycles. The molecule has 1 aromatic carbocycles. The van der Waals surface area contributed by atoms with Gasteiger partial charge in [-0.25, -0.2) is 9.78 Å². The number of fused-ring (bicyclic) bond motifs is 1. The molecule has 3 heterocycles. The number of pyridine rings is 1. The second-order valence-electron chi connectivity index (χ2n) is 7.62. The summed E-state index contributed by atoms with van der Waals surface area (Å²) in [4.78, 5) is 18.1. The summed E-state index contributed by atoms with van der Waals surface area (Å²) in [7, 11) is 2.02. The van der Waals surface area contributed by atoms with Crippen LogP contribution >= 0.6 is 0 Å². The highest BCUT2D eigenvalue weighted by Gasteiger charge is 2.17. The number of ether oxygens (including phenoxy) is 1. The Bertz CT molecular complexity index is 1040. The van der Waals surface area contributed by atoms with E-state index in [1.54, 1.807) is 12.1 Å². The minimum Gasteiger partial charge on any atom is -0.492 e. The third kappa shape index (κ3) is 4.86. The summed E-state index contributed by atoms with van der Waals surface area (Å²) < 4.78 is 24.4. The van der Waals surface area contributed by atoms with E-state index in [-0.39, 0.29) is 0 Å². The van der Waals surface area contributed by atoms with Gasteiger partial charge in [-0.05, 0) is 69.2 Å². The van der Waals surface area contributed by atoms with Crippen LogP contribution in [0.25, 0.3) is 22.1 Å². The first-order valence-corrected chi connectivity index (χ1v) is 10.3. The van der Waals surface area contributed by atoms with Crippen LogP contribution in [-0.4, -0.2) is 49.2 Å². The standard InChI is InChI=1S/C23H26FN3O3/c1-25-18-7-10-27(11-8-18)9-2-12-29-20-14-23(28)30-21-13-16(3-5-19(20)21)17-4-6-22(24)26-15-17/h3-6,13-15,18,25H,2,7-12H2,1H3. The highest BCUT2D eigenvalue weighted by atomic mass is 19.1. The minimum atomic E-state index is -0.534. The molecule has 1 aliphatic rings. The van der Waals surface area contributed by atoms with Crippen molar-refractivity contribution in [2.45, 2.75) is 25.3 Å². The van der Waals surface area contributed by atoms with Crippen molar-refractivity contribution in [1.29, 1.82) is 0 Å². The van der Waals surface area contributed by atoms with Crippen LogP contribution < -0.4 is 15.7 Å². The average Bonchev–Trinajstić information content (AvgIpc) is 2.77. The molecule has 0 aliphatic carbocycles. The summed E-state index contributed by atoms with van der Waals surface area (Å²) >= 11 is 0. The van der Waals surface area contributed by atoms with Gasteiger partial charge in [0.05, 0.1) is 18.1 Å². The summed E-state index contributed by atoms with van der Waals surface area (Å²) in [5.41, 5.74) is 1.52. The van der Waals surface area contributed by atoms with E-state index in [2.05, 4.69) is 15.2 Å². The SMILES string of the molecule is CNC1CCN(CCCOc2cc(=O)oc3cc(-c4ccc(F)nc4)ccc23)CC1. The largest absolute Gasteiger partial charge is 0.492 e. The lowest BCUT2D eigenvalue weighted by Crippen LogP contribution is -2.41. The molecule has 4 rings (SSSR count). The van der Waals surface area contributed by atoms with Crippen LogP contribution in [0.3, 0.4) is 0 Å². The van der Waals surface area contributed by atoms with Crippen LogP contribution in [0.2, 0.25) is 0 Å². The van der Waals surface area contributed by atoms with Crippen LogP contribution in [0.1, 0.15) is 19.3 Å². The van der Waals surface area contributed by atoms with Gasteiger partial charge in [-0.3, -0.25) is 0 Å². The third-order valence-electron chi connectivity index (χ3n) is 5.64. The molecule has 158 valence electrons. The first kappa shape index (κ1) is 20.5. The van der Waals surface area contributed by atoms with Crippen LogP contribution in [0, 0.1) is 5.95 Å². The van der Waals surface area contributed by atoms with Gasteiger partial charge in [0.1, 0.15) is 11.3 Å². The first-order valence-electron chi connectivity index (χ1n) is 10.3. The Morgan fingerprint density at radius 1 is 1.20 bits per heavy atom. The van der Waals surface area contributed by atoms with E-state index in [0.717, 1.165) is 42.6 Å². The second-order valence-corrected chi connectivity index (χ2v) is 7.62. The maximum absolute atomic E-state index is 13.1. The third-order valence-corrected chi connectivity index (χ3v) is 5.64. The molecular formula is C23H26FN3O3. The Labute approximate surface area is 174 Å². The zero-order chi connectivity index (χ0) is 20.9. The monoisotopic (exact) mass is 411 g/mol. The molecule has 30 heavy (non-hydrogen) atoms. The Kier molecular flexibility index (Phi) is 6.40. The van der Waals surface area contributed by atoms with Crippen LogP contribution in [0.5, 0.6) is 5.75 Å². The van der Waals surface area contributed by atoms with Crippen molar-refractivity contribution in [3.05, 3.63) is 59.0 Å². The van der Waals surface area contributed by atoms with Crippen molar-refractivity contribution in [3.8, 4) is 16.9 Å². The number of hydrogen-bond donors (Lipinski definition) is 1. The molecule has 0 unspecified atom stereocenters. The smallest absolute Gasteiger partial charge is 0.339 e. The van der Waals surface area contributed by atoms with E-state index in [1.807, 2.05) is 19.2 Å². The van der Waals surface area contributed by atoms with E-state index in [4.69, 9.17) is 9.15 Å². The quantitative estimate of drug-likeness (QED) is 0.365.